The van der Waals surface area contributed by atoms with Gasteiger partial charge >= 0.3 is 12.1 Å². The lowest BCUT2D eigenvalue weighted by atomic mass is 10.1. The van der Waals surface area contributed by atoms with E-state index in [9.17, 15) is 18.0 Å². The standard InChI is InChI=1S/C12H8F3NO2/c1-18-11(17)3-2-8-4-9(7-16)6-10(5-8)12(13,14)15/h2-6H,1H3. The number of ether oxygens (including phenoxy) is 1. The van der Waals surface area contributed by atoms with Crippen LogP contribution in [0.1, 0.15) is 16.7 Å². The Morgan fingerprint density at radius 2 is 2.06 bits per heavy atom. The minimum atomic E-state index is -4.54. The monoisotopic (exact) mass is 255 g/mol. The predicted octanol–water partition coefficient (Wildman–Crippen LogP) is 2.76. The van der Waals surface area contributed by atoms with E-state index >= 15 is 0 Å². The lowest BCUT2D eigenvalue weighted by Gasteiger charge is -2.07. The quantitative estimate of drug-likeness (QED) is 0.603. The third-order valence-electron chi connectivity index (χ3n) is 2.02. The van der Waals surface area contributed by atoms with Gasteiger partial charge in [-0.05, 0) is 29.8 Å². The lowest BCUT2D eigenvalue weighted by molar-refractivity contribution is -0.137. The number of methoxy groups -OCH3 is 1. The Morgan fingerprint density at radius 3 is 2.56 bits per heavy atom. The highest BCUT2D eigenvalue weighted by Gasteiger charge is 2.31. The van der Waals surface area contributed by atoms with Gasteiger partial charge in [0.15, 0.2) is 0 Å². The summed E-state index contributed by atoms with van der Waals surface area (Å²) in [5, 5.41) is 8.64. The van der Waals surface area contributed by atoms with Gasteiger partial charge in [-0.3, -0.25) is 0 Å². The molecule has 0 saturated carbocycles. The van der Waals surface area contributed by atoms with E-state index in [1.165, 1.54) is 6.07 Å². The van der Waals surface area contributed by atoms with Crippen LogP contribution in [0.4, 0.5) is 13.2 Å². The molecule has 3 nitrogen and oxygen atoms in total. The summed E-state index contributed by atoms with van der Waals surface area (Å²) in [6, 6.07) is 4.47. The molecule has 1 aromatic rings. The first kappa shape index (κ1) is 13.8. The molecule has 0 heterocycles. The third-order valence-corrected chi connectivity index (χ3v) is 2.02. The smallest absolute Gasteiger partial charge is 0.416 e. The number of hydrogen-bond acceptors (Lipinski definition) is 3. The molecule has 0 fully saturated rings. The van der Waals surface area contributed by atoms with Gasteiger partial charge in [0.05, 0.1) is 24.3 Å². The minimum Gasteiger partial charge on any atom is -0.466 e. The van der Waals surface area contributed by atoms with Crippen LogP contribution in [-0.4, -0.2) is 13.1 Å². The molecule has 6 heteroatoms. The zero-order valence-corrected chi connectivity index (χ0v) is 9.28. The van der Waals surface area contributed by atoms with Crippen molar-refractivity contribution < 1.29 is 22.7 Å². The maximum Gasteiger partial charge on any atom is 0.416 e. The molecule has 0 spiro atoms. The summed E-state index contributed by atoms with van der Waals surface area (Å²) < 4.78 is 41.9. The molecule has 0 saturated heterocycles. The SMILES string of the molecule is COC(=O)C=Cc1cc(C#N)cc(C(F)(F)F)c1. The molecule has 0 amide bonds. The zero-order valence-electron chi connectivity index (χ0n) is 9.28. The van der Waals surface area contributed by atoms with Gasteiger partial charge in [-0.25, -0.2) is 4.79 Å². The van der Waals surface area contributed by atoms with Crippen molar-refractivity contribution in [2.75, 3.05) is 7.11 Å². The molecule has 94 valence electrons. The maximum absolute atomic E-state index is 12.5. The number of carbonyl (C=O) groups excluding carboxylic acids is 1. The highest BCUT2D eigenvalue weighted by molar-refractivity contribution is 5.87. The van der Waals surface area contributed by atoms with Crippen LogP contribution in [0.15, 0.2) is 24.3 Å². The van der Waals surface area contributed by atoms with Crippen molar-refractivity contribution >= 4 is 12.0 Å². The molecular formula is C12H8F3NO2. The van der Waals surface area contributed by atoms with E-state index in [-0.39, 0.29) is 11.1 Å². The van der Waals surface area contributed by atoms with Crippen LogP contribution < -0.4 is 0 Å². The summed E-state index contributed by atoms with van der Waals surface area (Å²) in [6.45, 7) is 0. The number of alkyl halides is 3. The average molecular weight is 255 g/mol. The Kier molecular flexibility index (Phi) is 4.10. The molecule has 18 heavy (non-hydrogen) atoms. The summed E-state index contributed by atoms with van der Waals surface area (Å²) in [7, 11) is 1.15. The normalized spacial score (nSPS) is 11.3. The van der Waals surface area contributed by atoms with E-state index in [1.54, 1.807) is 6.07 Å². The van der Waals surface area contributed by atoms with Gasteiger partial charge in [0, 0.05) is 6.08 Å². The van der Waals surface area contributed by atoms with E-state index < -0.39 is 17.7 Å². The van der Waals surface area contributed by atoms with Crippen LogP contribution in [0.5, 0.6) is 0 Å². The number of halogens is 3. The van der Waals surface area contributed by atoms with Crippen molar-refractivity contribution in [3.05, 3.63) is 41.0 Å². The van der Waals surface area contributed by atoms with Crippen LogP contribution >= 0.6 is 0 Å². The van der Waals surface area contributed by atoms with Gasteiger partial charge in [-0.15, -0.1) is 0 Å². The predicted molar refractivity (Wildman–Crippen MR) is 57.2 cm³/mol. The first-order valence-electron chi connectivity index (χ1n) is 4.75. The van der Waals surface area contributed by atoms with E-state index in [2.05, 4.69) is 4.74 Å². The van der Waals surface area contributed by atoms with E-state index in [0.717, 1.165) is 31.4 Å². The molecule has 1 rings (SSSR count). The number of benzene rings is 1. The molecule has 0 aliphatic heterocycles. The number of nitriles is 1. The Labute approximate surface area is 101 Å². The number of hydrogen-bond donors (Lipinski definition) is 0. The molecular weight excluding hydrogens is 247 g/mol. The van der Waals surface area contributed by atoms with Gasteiger partial charge in [0.1, 0.15) is 0 Å². The fourth-order valence-corrected chi connectivity index (χ4v) is 1.21. The van der Waals surface area contributed by atoms with Crippen molar-refractivity contribution in [1.82, 2.24) is 0 Å². The molecule has 0 unspecified atom stereocenters. The van der Waals surface area contributed by atoms with Gasteiger partial charge in [0.25, 0.3) is 0 Å². The molecule has 0 radical (unpaired) electrons. The first-order valence-corrected chi connectivity index (χ1v) is 4.75. The van der Waals surface area contributed by atoms with Gasteiger partial charge in [-0.1, -0.05) is 0 Å². The molecule has 0 bridgehead atoms. The summed E-state index contributed by atoms with van der Waals surface area (Å²) in [5.41, 5.74) is -0.966. The Hall–Kier alpha value is -2.29. The maximum atomic E-state index is 12.5. The molecule has 1 aromatic carbocycles. The number of nitrogens with zero attached hydrogens (tertiary/aromatic N) is 1. The Bertz CT molecular complexity index is 527. The second-order valence-corrected chi connectivity index (χ2v) is 3.31. The van der Waals surface area contributed by atoms with Crippen molar-refractivity contribution in [2.45, 2.75) is 6.18 Å². The van der Waals surface area contributed by atoms with E-state index in [1.807, 2.05) is 0 Å². The van der Waals surface area contributed by atoms with E-state index in [0.29, 0.717) is 0 Å². The van der Waals surface area contributed by atoms with Crippen molar-refractivity contribution in [3.8, 4) is 6.07 Å². The fourth-order valence-electron chi connectivity index (χ4n) is 1.21. The zero-order chi connectivity index (χ0) is 13.8. The van der Waals surface area contributed by atoms with Crippen molar-refractivity contribution in [2.24, 2.45) is 0 Å². The Balaban J connectivity index is 3.18. The lowest BCUT2D eigenvalue weighted by Crippen LogP contribution is -2.05. The summed E-state index contributed by atoms with van der Waals surface area (Å²) >= 11 is 0. The van der Waals surface area contributed by atoms with Crippen LogP contribution in [-0.2, 0) is 15.7 Å². The second kappa shape index (κ2) is 5.36. The molecule has 0 aromatic heterocycles. The summed E-state index contributed by atoms with van der Waals surface area (Å²) in [5.74, 6) is -0.689. The number of carbonyl (C=O) groups is 1. The van der Waals surface area contributed by atoms with Crippen LogP contribution in [0, 0.1) is 11.3 Å². The topological polar surface area (TPSA) is 50.1 Å². The number of rotatable bonds is 2. The van der Waals surface area contributed by atoms with Gasteiger partial charge < -0.3 is 4.74 Å². The summed E-state index contributed by atoms with van der Waals surface area (Å²) in [4.78, 5) is 10.8. The highest BCUT2D eigenvalue weighted by Crippen LogP contribution is 2.30. The van der Waals surface area contributed by atoms with Crippen LogP contribution in [0.3, 0.4) is 0 Å². The number of esters is 1. The van der Waals surface area contributed by atoms with Crippen molar-refractivity contribution in [1.29, 1.82) is 5.26 Å². The highest BCUT2D eigenvalue weighted by atomic mass is 19.4. The Morgan fingerprint density at radius 1 is 1.39 bits per heavy atom. The van der Waals surface area contributed by atoms with Gasteiger partial charge in [0.2, 0.25) is 0 Å². The third kappa shape index (κ3) is 3.63. The van der Waals surface area contributed by atoms with E-state index in [4.69, 9.17) is 5.26 Å². The molecule has 0 atom stereocenters. The molecule has 0 aliphatic rings. The molecule has 0 aliphatic carbocycles. The largest absolute Gasteiger partial charge is 0.466 e. The minimum absolute atomic E-state index is 0.103. The average Bonchev–Trinajstić information content (AvgIpc) is 2.34. The van der Waals surface area contributed by atoms with Crippen LogP contribution in [0.25, 0.3) is 6.08 Å². The fraction of sp³-hybridized carbons (Fsp3) is 0.167. The summed E-state index contributed by atoms with van der Waals surface area (Å²) in [6.07, 6.45) is -2.40. The molecule has 0 N–H and O–H groups in total. The van der Waals surface area contributed by atoms with Crippen LogP contribution in [0.2, 0.25) is 0 Å². The van der Waals surface area contributed by atoms with Crippen molar-refractivity contribution in [3.63, 3.8) is 0 Å². The second-order valence-electron chi connectivity index (χ2n) is 3.31. The first-order chi connectivity index (χ1) is 8.36. The van der Waals surface area contributed by atoms with Gasteiger partial charge in [-0.2, -0.15) is 18.4 Å².